The predicted molar refractivity (Wildman–Crippen MR) is 122 cm³/mol. The molecule has 0 bridgehead atoms. The molecule has 0 radical (unpaired) electrons. The topological polar surface area (TPSA) is 52.6 Å². The number of carbonyl (C=O) groups is 2. The Kier molecular flexibility index (Phi) is 16.5. The molecule has 0 atom stereocenters. The molecule has 176 valence electrons. The molecule has 0 amide bonds. The Balaban J connectivity index is 1.88. The van der Waals surface area contributed by atoms with E-state index in [0.717, 1.165) is 12.8 Å². The van der Waals surface area contributed by atoms with E-state index >= 15 is 0 Å². The van der Waals surface area contributed by atoms with Gasteiger partial charge in [-0.05, 0) is 24.5 Å². The van der Waals surface area contributed by atoms with Crippen LogP contribution in [-0.2, 0) is 25.5 Å². The van der Waals surface area contributed by atoms with Gasteiger partial charge in [0.25, 0.3) is 0 Å². The van der Waals surface area contributed by atoms with Crippen LogP contribution in [0.3, 0.4) is 0 Å². The third-order valence-corrected chi connectivity index (χ3v) is 5.37. The van der Waals surface area contributed by atoms with Gasteiger partial charge in [0.1, 0.15) is 5.82 Å². The molecule has 0 aliphatic carbocycles. The first-order valence-electron chi connectivity index (χ1n) is 12.2. The van der Waals surface area contributed by atoms with Gasteiger partial charge in [0.15, 0.2) is 0 Å². The van der Waals surface area contributed by atoms with E-state index in [1.807, 2.05) is 0 Å². The van der Waals surface area contributed by atoms with Crippen molar-refractivity contribution >= 4 is 11.9 Å². The third kappa shape index (κ3) is 15.5. The zero-order valence-corrected chi connectivity index (χ0v) is 19.3. The number of benzene rings is 1. The summed E-state index contributed by atoms with van der Waals surface area (Å²) in [6.45, 7) is 2.85. The highest BCUT2D eigenvalue weighted by atomic mass is 19.1. The van der Waals surface area contributed by atoms with E-state index in [4.69, 9.17) is 9.47 Å². The Morgan fingerprint density at radius 3 is 1.81 bits per heavy atom. The van der Waals surface area contributed by atoms with Crippen LogP contribution in [0, 0.1) is 5.82 Å². The predicted octanol–water partition coefficient (Wildman–Crippen LogP) is 6.94. The Morgan fingerprint density at radius 2 is 1.23 bits per heavy atom. The van der Waals surface area contributed by atoms with E-state index in [9.17, 15) is 14.0 Å². The minimum absolute atomic E-state index is 0.142. The number of ether oxygens (including phenoxy) is 2. The van der Waals surface area contributed by atoms with Gasteiger partial charge in [0.05, 0.1) is 13.2 Å². The van der Waals surface area contributed by atoms with E-state index in [-0.39, 0.29) is 37.2 Å². The van der Waals surface area contributed by atoms with E-state index < -0.39 is 0 Å². The van der Waals surface area contributed by atoms with E-state index in [2.05, 4.69) is 6.92 Å². The van der Waals surface area contributed by atoms with Gasteiger partial charge in [-0.2, -0.15) is 0 Å². The quantitative estimate of drug-likeness (QED) is 0.174. The van der Waals surface area contributed by atoms with Crippen molar-refractivity contribution in [1.82, 2.24) is 0 Å². The molecular formula is C26H41FO4. The second-order valence-electron chi connectivity index (χ2n) is 8.17. The average Bonchev–Trinajstić information content (AvgIpc) is 2.76. The highest BCUT2D eigenvalue weighted by Crippen LogP contribution is 2.11. The summed E-state index contributed by atoms with van der Waals surface area (Å²) >= 11 is 0. The molecule has 1 rings (SSSR count). The molecular weight excluding hydrogens is 395 g/mol. The minimum Gasteiger partial charge on any atom is -0.466 e. The van der Waals surface area contributed by atoms with Gasteiger partial charge in [-0.25, -0.2) is 4.39 Å². The SMILES string of the molecule is CCCCCCCCCCCCCOC(=O)CCCC(=O)OCCc1ccccc1F. The molecule has 1 aromatic rings. The smallest absolute Gasteiger partial charge is 0.305 e. The summed E-state index contributed by atoms with van der Waals surface area (Å²) in [4.78, 5) is 23.4. The normalized spacial score (nSPS) is 10.8. The fourth-order valence-electron chi connectivity index (χ4n) is 3.45. The minimum atomic E-state index is -0.366. The Morgan fingerprint density at radius 1 is 0.710 bits per heavy atom. The molecule has 4 nitrogen and oxygen atoms in total. The van der Waals surface area contributed by atoms with Gasteiger partial charge in [-0.1, -0.05) is 89.3 Å². The molecule has 31 heavy (non-hydrogen) atoms. The number of hydrogen-bond acceptors (Lipinski definition) is 4. The lowest BCUT2D eigenvalue weighted by molar-refractivity contribution is -0.145. The maximum atomic E-state index is 13.5. The number of halogens is 1. The molecule has 0 fully saturated rings. The zero-order chi connectivity index (χ0) is 22.6. The molecule has 0 aromatic heterocycles. The van der Waals surface area contributed by atoms with Crippen molar-refractivity contribution in [2.75, 3.05) is 13.2 Å². The van der Waals surface area contributed by atoms with E-state index in [1.165, 1.54) is 63.9 Å². The van der Waals surface area contributed by atoms with Crippen LogP contribution in [0.15, 0.2) is 24.3 Å². The van der Waals surface area contributed by atoms with Crippen LogP contribution >= 0.6 is 0 Å². The molecule has 0 spiro atoms. The summed E-state index contributed by atoms with van der Waals surface area (Å²) in [6.07, 6.45) is 15.0. The number of carbonyl (C=O) groups excluding carboxylic acids is 2. The lowest BCUT2D eigenvalue weighted by atomic mass is 10.1. The maximum Gasteiger partial charge on any atom is 0.305 e. The molecule has 0 heterocycles. The second kappa shape index (κ2) is 18.8. The second-order valence-corrected chi connectivity index (χ2v) is 8.17. The molecule has 0 unspecified atom stereocenters. The first kappa shape index (κ1) is 27.1. The fraction of sp³-hybridized carbons (Fsp3) is 0.692. The first-order chi connectivity index (χ1) is 15.1. The zero-order valence-electron chi connectivity index (χ0n) is 19.3. The number of hydrogen-bond donors (Lipinski definition) is 0. The van der Waals surface area contributed by atoms with E-state index in [1.54, 1.807) is 18.2 Å². The molecule has 0 saturated carbocycles. The van der Waals surface area contributed by atoms with Crippen LogP contribution in [-0.4, -0.2) is 25.2 Å². The third-order valence-electron chi connectivity index (χ3n) is 5.37. The van der Waals surface area contributed by atoms with Crippen molar-refractivity contribution in [3.8, 4) is 0 Å². The van der Waals surface area contributed by atoms with Crippen molar-refractivity contribution in [3.05, 3.63) is 35.6 Å². The Bertz CT molecular complexity index is 603. The summed E-state index contributed by atoms with van der Waals surface area (Å²) in [6, 6.07) is 6.44. The van der Waals surface area contributed by atoms with E-state index in [0.29, 0.717) is 25.0 Å². The lowest BCUT2D eigenvalue weighted by Gasteiger charge is -2.07. The molecule has 5 heteroatoms. The number of unbranched alkanes of at least 4 members (excludes halogenated alkanes) is 10. The summed E-state index contributed by atoms with van der Waals surface area (Å²) in [5.74, 6) is -0.917. The van der Waals surface area contributed by atoms with Crippen LogP contribution in [0.2, 0.25) is 0 Å². The van der Waals surface area contributed by atoms with Gasteiger partial charge in [-0.3, -0.25) is 9.59 Å². The number of esters is 2. The highest BCUT2D eigenvalue weighted by molar-refractivity contribution is 5.72. The summed E-state index contributed by atoms with van der Waals surface area (Å²) in [7, 11) is 0. The largest absolute Gasteiger partial charge is 0.466 e. The van der Waals surface area contributed by atoms with Crippen molar-refractivity contribution in [1.29, 1.82) is 0 Å². The highest BCUT2D eigenvalue weighted by Gasteiger charge is 2.08. The van der Waals surface area contributed by atoms with Gasteiger partial charge < -0.3 is 9.47 Å². The molecule has 0 N–H and O–H groups in total. The van der Waals surface area contributed by atoms with Gasteiger partial charge in [0, 0.05) is 19.3 Å². The van der Waals surface area contributed by atoms with Crippen LogP contribution in [0.25, 0.3) is 0 Å². The van der Waals surface area contributed by atoms with Crippen LogP contribution in [0.5, 0.6) is 0 Å². The van der Waals surface area contributed by atoms with Crippen LogP contribution < -0.4 is 0 Å². The monoisotopic (exact) mass is 436 g/mol. The van der Waals surface area contributed by atoms with Crippen LogP contribution in [0.4, 0.5) is 4.39 Å². The van der Waals surface area contributed by atoms with Crippen molar-refractivity contribution < 1.29 is 23.5 Å². The van der Waals surface area contributed by atoms with Crippen molar-refractivity contribution in [3.63, 3.8) is 0 Å². The molecule has 0 saturated heterocycles. The van der Waals surface area contributed by atoms with Gasteiger partial charge >= 0.3 is 11.9 Å². The average molecular weight is 437 g/mol. The molecule has 0 aliphatic rings. The summed E-state index contributed by atoms with van der Waals surface area (Å²) < 4.78 is 23.8. The summed E-state index contributed by atoms with van der Waals surface area (Å²) in [5.41, 5.74) is 0.529. The summed E-state index contributed by atoms with van der Waals surface area (Å²) in [5, 5.41) is 0. The lowest BCUT2D eigenvalue weighted by Crippen LogP contribution is -2.10. The first-order valence-corrected chi connectivity index (χ1v) is 12.2. The number of rotatable bonds is 19. The van der Waals surface area contributed by atoms with Gasteiger partial charge in [-0.15, -0.1) is 0 Å². The maximum absolute atomic E-state index is 13.5. The Labute approximate surface area is 187 Å². The standard InChI is InChI=1S/C26H41FO4/c1-2-3-4-5-6-7-8-9-10-11-14-21-30-25(28)18-15-19-26(29)31-22-20-23-16-12-13-17-24(23)27/h12-13,16-17H,2-11,14-15,18-22H2,1H3. The molecule has 1 aromatic carbocycles. The fourth-order valence-corrected chi connectivity index (χ4v) is 3.45. The molecule has 0 aliphatic heterocycles. The van der Waals surface area contributed by atoms with Crippen molar-refractivity contribution in [2.24, 2.45) is 0 Å². The van der Waals surface area contributed by atoms with Gasteiger partial charge in [0.2, 0.25) is 0 Å². The Hall–Kier alpha value is -1.91. The van der Waals surface area contributed by atoms with Crippen molar-refractivity contribution in [2.45, 2.75) is 103 Å². The van der Waals surface area contributed by atoms with Crippen LogP contribution in [0.1, 0.15) is 102 Å².